The van der Waals surface area contributed by atoms with Crippen LogP contribution in [-0.4, -0.2) is 17.8 Å². The van der Waals surface area contributed by atoms with Gasteiger partial charge in [0.25, 0.3) is 0 Å². The van der Waals surface area contributed by atoms with E-state index in [9.17, 15) is 4.79 Å². The summed E-state index contributed by atoms with van der Waals surface area (Å²) >= 11 is 5.34. The lowest BCUT2D eigenvalue weighted by atomic mass is 10.1. The van der Waals surface area contributed by atoms with Crippen molar-refractivity contribution < 1.29 is 4.79 Å². The van der Waals surface area contributed by atoms with E-state index in [2.05, 4.69) is 19.2 Å². The largest absolute Gasteiger partial charge is 0.352 e. The lowest BCUT2D eigenvalue weighted by Crippen LogP contribution is -2.34. The van der Waals surface area contributed by atoms with Gasteiger partial charge >= 0.3 is 0 Å². The minimum atomic E-state index is -0.0630. The molecule has 0 aromatic rings. The number of carbonyl (C=O) groups excluding carboxylic acids is 1. The van der Waals surface area contributed by atoms with Crippen LogP contribution in [0.2, 0.25) is 0 Å². The average molecular weight is 178 g/mol. The minimum absolute atomic E-state index is 0.0630. The summed E-state index contributed by atoms with van der Waals surface area (Å²) in [6, 6.07) is 0.311. The van der Waals surface area contributed by atoms with Crippen LogP contribution in [0.3, 0.4) is 0 Å². The lowest BCUT2D eigenvalue weighted by molar-refractivity contribution is -0.119. The van der Waals surface area contributed by atoms with Gasteiger partial charge in [0.05, 0.1) is 0 Å². The van der Waals surface area contributed by atoms with Gasteiger partial charge in [0.15, 0.2) is 0 Å². The normalized spacial score (nSPS) is 12.6. The van der Waals surface area contributed by atoms with E-state index in [1.54, 1.807) is 0 Å². The van der Waals surface area contributed by atoms with Gasteiger partial charge in [0.1, 0.15) is 5.88 Å². The molecule has 1 unspecified atom stereocenters. The molecule has 0 aromatic heterocycles. The van der Waals surface area contributed by atoms with Crippen molar-refractivity contribution in [3.05, 3.63) is 0 Å². The first-order valence-corrected chi connectivity index (χ1v) is 4.63. The van der Waals surface area contributed by atoms with Crippen LogP contribution in [0, 0.1) is 0 Å². The Labute approximate surface area is 73.3 Å². The topological polar surface area (TPSA) is 29.1 Å². The van der Waals surface area contributed by atoms with Gasteiger partial charge in [-0.05, 0) is 12.8 Å². The van der Waals surface area contributed by atoms with Crippen LogP contribution in [0.1, 0.15) is 33.1 Å². The van der Waals surface area contributed by atoms with Crippen LogP contribution in [0.15, 0.2) is 0 Å². The molecule has 0 rings (SSSR count). The third-order valence-corrected chi connectivity index (χ3v) is 1.86. The van der Waals surface area contributed by atoms with E-state index in [1.807, 2.05) is 0 Å². The second kappa shape index (κ2) is 6.47. The van der Waals surface area contributed by atoms with Crippen molar-refractivity contribution in [1.82, 2.24) is 5.32 Å². The number of amides is 1. The van der Waals surface area contributed by atoms with Crippen LogP contribution < -0.4 is 5.32 Å². The predicted molar refractivity (Wildman–Crippen MR) is 47.8 cm³/mol. The van der Waals surface area contributed by atoms with Gasteiger partial charge in [0.2, 0.25) is 5.91 Å². The zero-order valence-corrected chi connectivity index (χ0v) is 7.95. The van der Waals surface area contributed by atoms with Crippen molar-refractivity contribution in [2.75, 3.05) is 5.88 Å². The second-order valence-corrected chi connectivity index (χ2v) is 2.86. The highest BCUT2D eigenvalue weighted by molar-refractivity contribution is 6.27. The molecule has 0 fully saturated rings. The number of alkyl halides is 1. The standard InChI is InChI=1S/C8H16ClNO/c1-3-5-7(4-2)10-8(11)6-9/h7H,3-6H2,1-2H3,(H,10,11). The Kier molecular flexibility index (Phi) is 6.33. The monoisotopic (exact) mass is 177 g/mol. The molecular weight excluding hydrogens is 162 g/mol. The molecule has 0 aromatic carbocycles. The number of hydrogen-bond donors (Lipinski definition) is 1. The van der Waals surface area contributed by atoms with Crippen molar-refractivity contribution in [1.29, 1.82) is 0 Å². The maximum Gasteiger partial charge on any atom is 0.235 e. The van der Waals surface area contributed by atoms with Gasteiger partial charge in [-0.25, -0.2) is 0 Å². The zero-order valence-electron chi connectivity index (χ0n) is 7.19. The van der Waals surface area contributed by atoms with Crippen molar-refractivity contribution >= 4 is 17.5 Å². The first-order chi connectivity index (χ1) is 5.24. The smallest absolute Gasteiger partial charge is 0.235 e. The molecule has 0 aliphatic carbocycles. The van der Waals surface area contributed by atoms with E-state index in [-0.39, 0.29) is 11.8 Å². The number of hydrogen-bond acceptors (Lipinski definition) is 1. The van der Waals surface area contributed by atoms with E-state index in [0.29, 0.717) is 6.04 Å². The van der Waals surface area contributed by atoms with E-state index in [0.717, 1.165) is 19.3 Å². The van der Waals surface area contributed by atoms with Crippen LogP contribution in [0.25, 0.3) is 0 Å². The molecule has 66 valence electrons. The van der Waals surface area contributed by atoms with E-state index in [4.69, 9.17) is 11.6 Å². The Bertz CT molecular complexity index is 117. The van der Waals surface area contributed by atoms with Crippen molar-refractivity contribution in [2.45, 2.75) is 39.2 Å². The highest BCUT2D eigenvalue weighted by atomic mass is 35.5. The Balaban J connectivity index is 3.58. The molecule has 0 saturated heterocycles. The van der Waals surface area contributed by atoms with E-state index >= 15 is 0 Å². The molecule has 0 saturated carbocycles. The maximum absolute atomic E-state index is 10.8. The number of nitrogens with one attached hydrogen (secondary N) is 1. The average Bonchev–Trinajstić information content (AvgIpc) is 2.03. The zero-order chi connectivity index (χ0) is 8.69. The molecular formula is C8H16ClNO. The van der Waals surface area contributed by atoms with Gasteiger partial charge in [-0.1, -0.05) is 20.3 Å². The minimum Gasteiger partial charge on any atom is -0.352 e. The Morgan fingerprint density at radius 1 is 1.55 bits per heavy atom. The molecule has 11 heavy (non-hydrogen) atoms. The van der Waals surface area contributed by atoms with Gasteiger partial charge in [-0.3, -0.25) is 4.79 Å². The number of halogens is 1. The molecule has 3 heteroatoms. The molecule has 1 amide bonds. The van der Waals surface area contributed by atoms with Crippen molar-refractivity contribution in [3.63, 3.8) is 0 Å². The fourth-order valence-electron chi connectivity index (χ4n) is 0.993. The summed E-state index contributed by atoms with van der Waals surface area (Å²) in [5.74, 6) is 0.00666. The third-order valence-electron chi connectivity index (χ3n) is 1.62. The fraction of sp³-hybridized carbons (Fsp3) is 0.875. The molecule has 0 aliphatic rings. The second-order valence-electron chi connectivity index (χ2n) is 2.59. The summed E-state index contributed by atoms with van der Waals surface area (Å²) in [5, 5.41) is 2.85. The molecule has 0 bridgehead atoms. The van der Waals surface area contributed by atoms with Gasteiger partial charge in [0, 0.05) is 6.04 Å². The quantitative estimate of drug-likeness (QED) is 0.639. The lowest BCUT2D eigenvalue weighted by Gasteiger charge is -2.14. The molecule has 1 N–H and O–H groups in total. The summed E-state index contributed by atoms with van der Waals surface area (Å²) in [6.07, 6.45) is 3.12. The van der Waals surface area contributed by atoms with Crippen LogP contribution in [-0.2, 0) is 4.79 Å². The highest BCUT2D eigenvalue weighted by Crippen LogP contribution is 2.00. The Morgan fingerprint density at radius 3 is 2.55 bits per heavy atom. The summed E-state index contributed by atoms with van der Waals surface area (Å²) in [5.41, 5.74) is 0. The molecule has 0 heterocycles. The number of carbonyl (C=O) groups is 1. The van der Waals surface area contributed by atoms with Crippen LogP contribution in [0.5, 0.6) is 0 Å². The summed E-state index contributed by atoms with van der Waals surface area (Å²) in [7, 11) is 0. The molecule has 0 spiro atoms. The van der Waals surface area contributed by atoms with E-state index < -0.39 is 0 Å². The fourth-order valence-corrected chi connectivity index (χ4v) is 1.07. The Hall–Kier alpha value is -0.240. The van der Waals surface area contributed by atoms with Crippen LogP contribution >= 0.6 is 11.6 Å². The summed E-state index contributed by atoms with van der Waals surface area (Å²) in [6.45, 7) is 4.17. The maximum atomic E-state index is 10.8. The first-order valence-electron chi connectivity index (χ1n) is 4.09. The van der Waals surface area contributed by atoms with Crippen molar-refractivity contribution in [2.24, 2.45) is 0 Å². The van der Waals surface area contributed by atoms with Crippen LogP contribution in [0.4, 0.5) is 0 Å². The molecule has 0 radical (unpaired) electrons. The van der Waals surface area contributed by atoms with Crippen molar-refractivity contribution in [3.8, 4) is 0 Å². The number of rotatable bonds is 5. The molecule has 0 aliphatic heterocycles. The molecule has 2 nitrogen and oxygen atoms in total. The predicted octanol–water partition coefficient (Wildman–Crippen LogP) is 1.92. The SMILES string of the molecule is CCCC(CC)NC(=O)CCl. The van der Waals surface area contributed by atoms with Gasteiger partial charge in [-0.2, -0.15) is 0 Å². The molecule has 1 atom stereocenters. The Morgan fingerprint density at radius 2 is 2.18 bits per heavy atom. The van der Waals surface area contributed by atoms with Gasteiger partial charge in [-0.15, -0.1) is 11.6 Å². The van der Waals surface area contributed by atoms with E-state index in [1.165, 1.54) is 0 Å². The first kappa shape index (κ1) is 10.8. The highest BCUT2D eigenvalue weighted by Gasteiger charge is 2.06. The summed E-state index contributed by atoms with van der Waals surface area (Å²) in [4.78, 5) is 10.8. The van der Waals surface area contributed by atoms with Gasteiger partial charge < -0.3 is 5.32 Å². The summed E-state index contributed by atoms with van der Waals surface area (Å²) < 4.78 is 0. The third kappa shape index (κ3) is 5.08.